The van der Waals surface area contributed by atoms with Gasteiger partial charge in [0.1, 0.15) is 9.39 Å². The smallest absolute Gasteiger partial charge is 0.241 e. The first-order chi connectivity index (χ1) is 6.06. The van der Waals surface area contributed by atoms with Crippen LogP contribution in [0.1, 0.15) is 23.2 Å². The molecule has 0 spiro atoms. The highest BCUT2D eigenvalue weighted by Gasteiger charge is 2.13. The Bertz CT molecular complexity index is 371. The van der Waals surface area contributed by atoms with E-state index in [1.54, 1.807) is 6.92 Å². The molecule has 0 aliphatic rings. The second-order valence-corrected chi connectivity index (χ2v) is 3.44. The van der Waals surface area contributed by atoms with Gasteiger partial charge in [0, 0.05) is 0 Å². The minimum atomic E-state index is -2.62. The van der Waals surface area contributed by atoms with Crippen molar-refractivity contribution in [3.05, 3.63) is 26.6 Å². The molecule has 0 radical (unpaired) electrons. The summed E-state index contributed by atoms with van der Waals surface area (Å²) in [6.45, 7) is 1.68. The Labute approximate surface area is 87.7 Å². The fourth-order valence-electron chi connectivity index (χ4n) is 0.825. The fraction of sp³-hybridized carbons (Fsp3) is 0.250. The monoisotopic (exact) mass is 294 g/mol. The molecule has 0 fully saturated rings. The molecule has 1 aromatic heterocycles. The van der Waals surface area contributed by atoms with Crippen LogP contribution < -0.4 is 0 Å². The average molecular weight is 294 g/mol. The zero-order valence-electron chi connectivity index (χ0n) is 6.68. The number of pyridine rings is 1. The Hall–Kier alpha value is -0.770. The van der Waals surface area contributed by atoms with Crippen molar-refractivity contribution in [2.75, 3.05) is 0 Å². The molecule has 0 N–H and O–H groups in total. The first kappa shape index (κ1) is 10.3. The Balaban J connectivity index is 3.32. The summed E-state index contributed by atoms with van der Waals surface area (Å²) in [5.74, 6) is 0. The van der Waals surface area contributed by atoms with E-state index in [-0.39, 0.29) is 11.3 Å². The van der Waals surface area contributed by atoms with Crippen molar-refractivity contribution < 1.29 is 8.78 Å². The second kappa shape index (κ2) is 3.96. The summed E-state index contributed by atoms with van der Waals surface area (Å²) in [4.78, 5) is 3.67. The highest BCUT2D eigenvalue weighted by molar-refractivity contribution is 14.1. The molecule has 5 heteroatoms. The van der Waals surface area contributed by atoms with Gasteiger partial charge in [-0.15, -0.1) is 0 Å². The van der Waals surface area contributed by atoms with Gasteiger partial charge in [0.25, 0.3) is 6.43 Å². The molecule has 1 aromatic rings. The summed E-state index contributed by atoms with van der Waals surface area (Å²) < 4.78 is 24.9. The minimum absolute atomic E-state index is 0.259. The summed E-state index contributed by atoms with van der Waals surface area (Å²) in [6, 6.07) is 2.98. The molecule has 0 aliphatic heterocycles. The number of hydrogen-bond acceptors (Lipinski definition) is 2. The van der Waals surface area contributed by atoms with Gasteiger partial charge in [0.2, 0.25) is 0 Å². The van der Waals surface area contributed by atoms with E-state index in [0.717, 1.165) is 6.07 Å². The van der Waals surface area contributed by atoms with E-state index in [1.165, 1.54) is 0 Å². The van der Waals surface area contributed by atoms with Gasteiger partial charge in [-0.05, 0) is 41.1 Å². The number of rotatable bonds is 1. The highest BCUT2D eigenvalue weighted by atomic mass is 127. The van der Waals surface area contributed by atoms with E-state index in [2.05, 4.69) is 4.98 Å². The summed E-state index contributed by atoms with van der Waals surface area (Å²) in [5.41, 5.74) is 0.564. The van der Waals surface area contributed by atoms with Gasteiger partial charge in [0.05, 0.1) is 11.6 Å². The molecule has 1 heterocycles. The van der Waals surface area contributed by atoms with Crippen LogP contribution in [0.3, 0.4) is 0 Å². The topological polar surface area (TPSA) is 36.7 Å². The number of hydrogen-bond donors (Lipinski definition) is 0. The van der Waals surface area contributed by atoms with Crippen molar-refractivity contribution in [3.63, 3.8) is 0 Å². The molecular weight excluding hydrogens is 289 g/mol. The fourth-order valence-corrected chi connectivity index (χ4v) is 1.39. The SMILES string of the molecule is Cc1c(C#N)cc(C(F)F)nc1I. The molecule has 68 valence electrons. The number of alkyl halides is 2. The molecule has 0 unspecified atom stereocenters. The van der Waals surface area contributed by atoms with Crippen LogP contribution in [-0.2, 0) is 0 Å². The van der Waals surface area contributed by atoms with Gasteiger partial charge < -0.3 is 0 Å². The van der Waals surface area contributed by atoms with Crippen molar-refractivity contribution in [2.24, 2.45) is 0 Å². The predicted octanol–water partition coefficient (Wildman–Crippen LogP) is 2.80. The molecular formula is C8H5F2IN2. The third-order valence-electron chi connectivity index (χ3n) is 1.58. The predicted molar refractivity (Wildman–Crippen MR) is 51.4 cm³/mol. The Morgan fingerprint density at radius 2 is 2.23 bits per heavy atom. The lowest BCUT2D eigenvalue weighted by Crippen LogP contribution is -1.98. The molecule has 0 atom stereocenters. The van der Waals surface area contributed by atoms with E-state index in [4.69, 9.17) is 5.26 Å². The van der Waals surface area contributed by atoms with Crippen LogP contribution in [0, 0.1) is 22.0 Å². The van der Waals surface area contributed by atoms with Crippen molar-refractivity contribution >= 4 is 22.6 Å². The van der Waals surface area contributed by atoms with Crippen molar-refractivity contribution in [1.29, 1.82) is 5.26 Å². The van der Waals surface area contributed by atoms with Gasteiger partial charge >= 0.3 is 0 Å². The number of halogens is 3. The average Bonchev–Trinajstić information content (AvgIpc) is 2.09. The van der Waals surface area contributed by atoms with Gasteiger partial charge in [-0.3, -0.25) is 0 Å². The van der Waals surface area contributed by atoms with Gasteiger partial charge in [0.15, 0.2) is 0 Å². The molecule has 0 saturated heterocycles. The number of aromatic nitrogens is 1. The number of nitrogens with zero attached hydrogens (tertiary/aromatic N) is 2. The first-order valence-electron chi connectivity index (χ1n) is 3.41. The van der Waals surface area contributed by atoms with Crippen LogP contribution in [0.2, 0.25) is 0 Å². The van der Waals surface area contributed by atoms with E-state index in [1.807, 2.05) is 28.7 Å². The van der Waals surface area contributed by atoms with Gasteiger partial charge in [-0.2, -0.15) is 5.26 Å². The van der Waals surface area contributed by atoms with E-state index >= 15 is 0 Å². The van der Waals surface area contributed by atoms with Crippen LogP contribution in [0.4, 0.5) is 8.78 Å². The third-order valence-corrected chi connectivity index (χ3v) is 2.63. The largest absolute Gasteiger partial charge is 0.280 e. The summed E-state index contributed by atoms with van der Waals surface area (Å²) >= 11 is 1.84. The minimum Gasteiger partial charge on any atom is -0.241 e. The van der Waals surface area contributed by atoms with E-state index in [0.29, 0.717) is 9.26 Å². The molecule has 0 saturated carbocycles. The lowest BCUT2D eigenvalue weighted by Gasteiger charge is -2.03. The summed E-state index contributed by atoms with van der Waals surface area (Å²) in [7, 11) is 0. The Morgan fingerprint density at radius 1 is 1.62 bits per heavy atom. The lowest BCUT2D eigenvalue weighted by molar-refractivity contribution is 0.146. The maximum absolute atomic E-state index is 12.2. The second-order valence-electron chi connectivity index (χ2n) is 2.42. The molecule has 0 bridgehead atoms. The van der Waals surface area contributed by atoms with Crippen LogP contribution in [0.5, 0.6) is 0 Å². The third kappa shape index (κ3) is 2.12. The number of nitriles is 1. The Morgan fingerprint density at radius 3 is 2.69 bits per heavy atom. The molecule has 2 nitrogen and oxygen atoms in total. The molecule has 0 aliphatic carbocycles. The van der Waals surface area contributed by atoms with Crippen molar-refractivity contribution in [1.82, 2.24) is 4.98 Å². The van der Waals surface area contributed by atoms with Crippen LogP contribution in [0.25, 0.3) is 0 Å². The quantitative estimate of drug-likeness (QED) is 0.590. The molecule has 1 rings (SSSR count). The van der Waals surface area contributed by atoms with E-state index < -0.39 is 6.43 Å². The Kier molecular flexibility index (Phi) is 3.14. The van der Waals surface area contributed by atoms with Crippen LogP contribution in [-0.4, -0.2) is 4.98 Å². The maximum Gasteiger partial charge on any atom is 0.280 e. The standard InChI is InChI=1S/C8H5F2IN2/c1-4-5(3-12)2-6(7(9)10)13-8(4)11/h2,7H,1H3. The van der Waals surface area contributed by atoms with Crippen LogP contribution in [0.15, 0.2) is 6.07 Å². The molecule has 0 aromatic carbocycles. The van der Waals surface area contributed by atoms with Gasteiger partial charge in [-0.25, -0.2) is 13.8 Å². The first-order valence-corrected chi connectivity index (χ1v) is 4.49. The van der Waals surface area contributed by atoms with E-state index in [9.17, 15) is 8.78 Å². The molecule has 0 amide bonds. The maximum atomic E-state index is 12.2. The van der Waals surface area contributed by atoms with Crippen LogP contribution >= 0.6 is 22.6 Å². The normalized spacial score (nSPS) is 10.2. The van der Waals surface area contributed by atoms with Crippen molar-refractivity contribution in [2.45, 2.75) is 13.3 Å². The summed E-state index contributed by atoms with van der Waals surface area (Å²) in [5, 5.41) is 8.62. The summed E-state index contributed by atoms with van der Waals surface area (Å²) in [6.07, 6.45) is -2.62. The molecule has 13 heavy (non-hydrogen) atoms. The lowest BCUT2D eigenvalue weighted by atomic mass is 10.1. The zero-order valence-corrected chi connectivity index (χ0v) is 8.84. The zero-order chi connectivity index (χ0) is 10.0. The van der Waals surface area contributed by atoms with Crippen molar-refractivity contribution in [3.8, 4) is 6.07 Å². The van der Waals surface area contributed by atoms with Gasteiger partial charge in [-0.1, -0.05) is 0 Å². The highest BCUT2D eigenvalue weighted by Crippen LogP contribution is 2.21.